The molecule has 0 spiro atoms. The monoisotopic (exact) mass is 419 g/mol. The third kappa shape index (κ3) is 3.75. The second-order valence-corrected chi connectivity index (χ2v) is 10.4. The van der Waals surface area contributed by atoms with Crippen LogP contribution in [0.1, 0.15) is 56.4 Å². The zero-order valence-electron chi connectivity index (χ0n) is 16.9. The first kappa shape index (κ1) is 20.0. The van der Waals surface area contributed by atoms with Gasteiger partial charge in [0, 0.05) is 18.0 Å². The first-order valence-electron chi connectivity index (χ1n) is 10.4. The summed E-state index contributed by atoms with van der Waals surface area (Å²) in [5.41, 5.74) is 1.25. The Balaban J connectivity index is 1.48. The first-order chi connectivity index (χ1) is 13.5. The van der Waals surface area contributed by atoms with Crippen molar-refractivity contribution in [1.29, 1.82) is 0 Å². The van der Waals surface area contributed by atoms with Crippen LogP contribution in [-0.4, -0.2) is 27.3 Å². The van der Waals surface area contributed by atoms with Crippen molar-refractivity contribution in [2.45, 2.75) is 70.0 Å². The number of aryl methyl sites for hydroxylation is 2. The van der Waals surface area contributed by atoms with Crippen LogP contribution in [0.2, 0.25) is 0 Å². The van der Waals surface area contributed by atoms with Gasteiger partial charge in [0.15, 0.2) is 5.16 Å². The molecule has 1 N–H and O–H groups in total. The van der Waals surface area contributed by atoms with Gasteiger partial charge in [0.2, 0.25) is 5.91 Å². The highest BCUT2D eigenvalue weighted by Crippen LogP contribution is 2.34. The molecule has 0 radical (unpaired) electrons. The van der Waals surface area contributed by atoms with E-state index in [1.165, 1.54) is 41.5 Å². The number of nitrogens with zero attached hydrogens (tertiary/aromatic N) is 2. The van der Waals surface area contributed by atoms with Crippen molar-refractivity contribution in [2.24, 2.45) is 18.9 Å². The van der Waals surface area contributed by atoms with Gasteiger partial charge in [0.25, 0.3) is 5.56 Å². The molecule has 1 saturated carbocycles. The smallest absolute Gasteiger partial charge is 0.262 e. The molecular formula is C21H29N3O2S2. The van der Waals surface area contributed by atoms with E-state index in [2.05, 4.69) is 19.2 Å². The molecule has 0 saturated heterocycles. The fraction of sp³-hybridized carbons (Fsp3) is 0.667. The van der Waals surface area contributed by atoms with Crippen LogP contribution in [0, 0.1) is 11.8 Å². The van der Waals surface area contributed by atoms with Gasteiger partial charge in [-0.2, -0.15) is 0 Å². The molecule has 1 fully saturated rings. The molecule has 28 heavy (non-hydrogen) atoms. The topological polar surface area (TPSA) is 64.0 Å². The number of amides is 1. The quantitative estimate of drug-likeness (QED) is 0.603. The van der Waals surface area contributed by atoms with E-state index >= 15 is 0 Å². The number of aromatic nitrogens is 2. The summed E-state index contributed by atoms with van der Waals surface area (Å²) in [4.78, 5) is 32.4. The standard InChI is InChI=1S/C21H29N3O2S2/c1-12-7-6-9-15(13(12)2)22-17(25)11-27-21-23-19-18(20(26)24(21)3)14-8-4-5-10-16(14)28-19/h12-13,15H,4-11H2,1-3H3,(H,22,25)/t12-,13-,15-/m1/s1. The Morgan fingerprint density at radius 1 is 1.25 bits per heavy atom. The average Bonchev–Trinajstić information content (AvgIpc) is 3.05. The summed E-state index contributed by atoms with van der Waals surface area (Å²) in [6.07, 6.45) is 7.88. The van der Waals surface area contributed by atoms with E-state index < -0.39 is 0 Å². The van der Waals surface area contributed by atoms with Crippen LogP contribution < -0.4 is 10.9 Å². The predicted molar refractivity (Wildman–Crippen MR) is 116 cm³/mol. The summed E-state index contributed by atoms with van der Waals surface area (Å²) in [7, 11) is 1.77. The Hall–Kier alpha value is -1.34. The van der Waals surface area contributed by atoms with Crippen molar-refractivity contribution in [3.8, 4) is 0 Å². The maximum absolute atomic E-state index is 12.9. The lowest BCUT2D eigenvalue weighted by molar-refractivity contribution is -0.120. The van der Waals surface area contributed by atoms with Crippen molar-refractivity contribution in [3.63, 3.8) is 0 Å². The van der Waals surface area contributed by atoms with Gasteiger partial charge in [-0.15, -0.1) is 11.3 Å². The van der Waals surface area contributed by atoms with E-state index in [4.69, 9.17) is 4.98 Å². The predicted octanol–water partition coefficient (Wildman–Crippen LogP) is 3.91. The van der Waals surface area contributed by atoms with Gasteiger partial charge >= 0.3 is 0 Å². The van der Waals surface area contributed by atoms with Crippen molar-refractivity contribution in [1.82, 2.24) is 14.9 Å². The minimum atomic E-state index is 0.0297. The molecule has 2 aliphatic carbocycles. The average molecular weight is 420 g/mol. The highest BCUT2D eigenvalue weighted by atomic mass is 32.2. The van der Waals surface area contributed by atoms with Gasteiger partial charge in [-0.1, -0.05) is 38.5 Å². The molecule has 3 atom stereocenters. The van der Waals surface area contributed by atoms with E-state index in [0.29, 0.717) is 22.7 Å². The van der Waals surface area contributed by atoms with Gasteiger partial charge in [-0.3, -0.25) is 14.2 Å². The fourth-order valence-corrected chi connectivity index (χ4v) is 6.65. The first-order valence-corrected chi connectivity index (χ1v) is 12.2. The number of nitrogens with one attached hydrogen (secondary N) is 1. The zero-order valence-corrected chi connectivity index (χ0v) is 18.5. The number of carbonyl (C=O) groups excluding carboxylic acids is 1. The number of thiophene rings is 1. The van der Waals surface area contributed by atoms with Gasteiger partial charge in [-0.05, 0) is 49.5 Å². The van der Waals surface area contributed by atoms with Crippen LogP contribution in [-0.2, 0) is 24.7 Å². The van der Waals surface area contributed by atoms with Crippen molar-refractivity contribution in [2.75, 3.05) is 5.75 Å². The highest BCUT2D eigenvalue weighted by Gasteiger charge is 2.28. The molecule has 0 bridgehead atoms. The minimum Gasteiger partial charge on any atom is -0.352 e. The van der Waals surface area contributed by atoms with Crippen molar-refractivity contribution in [3.05, 3.63) is 20.8 Å². The summed E-state index contributed by atoms with van der Waals surface area (Å²) < 4.78 is 1.62. The molecule has 4 rings (SSSR count). The maximum atomic E-state index is 12.9. The van der Waals surface area contributed by atoms with Gasteiger partial charge < -0.3 is 5.32 Å². The van der Waals surface area contributed by atoms with Gasteiger partial charge in [-0.25, -0.2) is 4.98 Å². The summed E-state index contributed by atoms with van der Waals surface area (Å²) in [5.74, 6) is 1.50. The molecule has 0 unspecified atom stereocenters. The minimum absolute atomic E-state index is 0.0297. The van der Waals surface area contributed by atoms with Crippen LogP contribution in [0.4, 0.5) is 0 Å². The Bertz CT molecular complexity index is 949. The number of rotatable bonds is 4. The van der Waals surface area contributed by atoms with Crippen LogP contribution in [0.25, 0.3) is 10.2 Å². The van der Waals surface area contributed by atoms with Crippen molar-refractivity contribution < 1.29 is 4.79 Å². The Labute approximate surface area is 174 Å². The largest absolute Gasteiger partial charge is 0.352 e. The molecule has 5 nitrogen and oxygen atoms in total. The molecule has 0 aliphatic heterocycles. The molecule has 2 heterocycles. The molecule has 152 valence electrons. The number of hydrogen-bond donors (Lipinski definition) is 1. The third-order valence-electron chi connectivity index (χ3n) is 6.54. The molecule has 2 aliphatic rings. The zero-order chi connectivity index (χ0) is 19.8. The molecule has 2 aromatic rings. The van der Waals surface area contributed by atoms with Crippen LogP contribution in [0.15, 0.2) is 9.95 Å². The maximum Gasteiger partial charge on any atom is 0.262 e. The molecule has 2 aromatic heterocycles. The normalized spacial score (nSPS) is 24.9. The Morgan fingerprint density at radius 2 is 2.04 bits per heavy atom. The number of thioether (sulfide) groups is 1. The molecular weight excluding hydrogens is 390 g/mol. The van der Waals surface area contributed by atoms with Crippen LogP contribution in [0.5, 0.6) is 0 Å². The summed E-state index contributed by atoms with van der Waals surface area (Å²) >= 11 is 3.03. The van der Waals surface area contributed by atoms with Crippen LogP contribution >= 0.6 is 23.1 Å². The third-order valence-corrected chi connectivity index (χ3v) is 8.76. The van der Waals surface area contributed by atoms with E-state index in [9.17, 15) is 9.59 Å². The van der Waals surface area contributed by atoms with Gasteiger partial charge in [0.1, 0.15) is 4.83 Å². The van der Waals surface area contributed by atoms with E-state index in [1.807, 2.05) is 0 Å². The Kier molecular flexibility index (Phi) is 5.83. The SMILES string of the molecule is C[C@@H]1[C@H](C)CCC[C@H]1NC(=O)CSc1nc2sc3c(c2c(=O)n1C)CCCC3. The van der Waals surface area contributed by atoms with E-state index in [1.54, 1.807) is 23.0 Å². The molecule has 1 amide bonds. The van der Waals surface area contributed by atoms with E-state index in [0.717, 1.165) is 35.9 Å². The van der Waals surface area contributed by atoms with Crippen LogP contribution in [0.3, 0.4) is 0 Å². The Morgan fingerprint density at radius 3 is 2.86 bits per heavy atom. The van der Waals surface area contributed by atoms with Gasteiger partial charge in [0.05, 0.1) is 11.1 Å². The molecule has 0 aromatic carbocycles. The molecule has 7 heteroatoms. The summed E-state index contributed by atoms with van der Waals surface area (Å²) in [6, 6.07) is 0.264. The second-order valence-electron chi connectivity index (χ2n) is 8.38. The number of carbonyl (C=O) groups is 1. The lowest BCUT2D eigenvalue weighted by Crippen LogP contribution is -2.44. The number of hydrogen-bond acceptors (Lipinski definition) is 5. The lowest BCUT2D eigenvalue weighted by Gasteiger charge is -2.34. The van der Waals surface area contributed by atoms with E-state index in [-0.39, 0.29) is 17.5 Å². The van der Waals surface area contributed by atoms with Crippen molar-refractivity contribution >= 4 is 39.2 Å². The highest BCUT2D eigenvalue weighted by molar-refractivity contribution is 7.99. The second kappa shape index (κ2) is 8.19. The number of fused-ring (bicyclic) bond motifs is 3. The fourth-order valence-electron chi connectivity index (χ4n) is 4.56. The summed E-state index contributed by atoms with van der Waals surface area (Å²) in [6.45, 7) is 4.51. The lowest BCUT2D eigenvalue weighted by atomic mass is 9.78. The summed E-state index contributed by atoms with van der Waals surface area (Å²) in [5, 5.41) is 4.65.